The molecule has 0 saturated carbocycles. The van der Waals surface area contributed by atoms with E-state index in [2.05, 4.69) is 0 Å². The first kappa shape index (κ1) is 12.5. The standard InChI is InChI=1S/C12H16O4S/c1-12(2)15-6-9(16-12)3-8-4-10(17-7-8)5-11(13)14/h4,7,9H,3,5-6H2,1-2H3,(H,13,14)/t9-/m0/s1. The highest BCUT2D eigenvalue weighted by molar-refractivity contribution is 7.10. The molecule has 1 aromatic heterocycles. The average molecular weight is 256 g/mol. The maximum Gasteiger partial charge on any atom is 0.308 e. The van der Waals surface area contributed by atoms with Crippen molar-refractivity contribution < 1.29 is 19.4 Å². The quantitative estimate of drug-likeness (QED) is 0.896. The van der Waals surface area contributed by atoms with E-state index in [-0.39, 0.29) is 12.5 Å². The zero-order valence-electron chi connectivity index (χ0n) is 9.93. The molecule has 1 saturated heterocycles. The minimum absolute atomic E-state index is 0.0669. The summed E-state index contributed by atoms with van der Waals surface area (Å²) in [5, 5.41) is 10.7. The molecule has 0 unspecified atom stereocenters. The molecule has 5 heteroatoms. The van der Waals surface area contributed by atoms with Crippen LogP contribution in [0.1, 0.15) is 24.3 Å². The van der Waals surface area contributed by atoms with Crippen LogP contribution in [0.4, 0.5) is 0 Å². The third-order valence-electron chi connectivity index (χ3n) is 2.56. The number of carboxylic acid groups (broad SMARTS) is 1. The second-order valence-corrected chi connectivity index (χ2v) is 5.64. The van der Waals surface area contributed by atoms with Crippen molar-refractivity contribution in [2.45, 2.75) is 38.6 Å². The van der Waals surface area contributed by atoms with Gasteiger partial charge < -0.3 is 14.6 Å². The number of ether oxygens (including phenoxy) is 2. The summed E-state index contributed by atoms with van der Waals surface area (Å²) in [7, 11) is 0. The summed E-state index contributed by atoms with van der Waals surface area (Å²) in [6.45, 7) is 4.39. The lowest BCUT2D eigenvalue weighted by Crippen LogP contribution is -2.22. The predicted octanol–water partition coefficient (Wildman–Crippen LogP) is 2.07. The molecule has 0 radical (unpaired) electrons. The van der Waals surface area contributed by atoms with Crippen LogP contribution in [0, 0.1) is 0 Å². The number of carbonyl (C=O) groups is 1. The van der Waals surface area contributed by atoms with Crippen LogP contribution in [0.15, 0.2) is 11.4 Å². The van der Waals surface area contributed by atoms with E-state index in [9.17, 15) is 4.79 Å². The van der Waals surface area contributed by atoms with Crippen LogP contribution in [0.25, 0.3) is 0 Å². The molecular weight excluding hydrogens is 240 g/mol. The summed E-state index contributed by atoms with van der Waals surface area (Å²) in [4.78, 5) is 11.4. The Morgan fingerprint density at radius 3 is 3.00 bits per heavy atom. The fourth-order valence-electron chi connectivity index (χ4n) is 1.90. The number of thiophene rings is 1. The second-order valence-electron chi connectivity index (χ2n) is 4.65. The third-order valence-corrected chi connectivity index (χ3v) is 3.55. The van der Waals surface area contributed by atoms with Crippen LogP contribution >= 0.6 is 11.3 Å². The third kappa shape index (κ3) is 3.52. The lowest BCUT2D eigenvalue weighted by Gasteiger charge is -2.16. The van der Waals surface area contributed by atoms with Crippen molar-refractivity contribution in [3.63, 3.8) is 0 Å². The van der Waals surface area contributed by atoms with Gasteiger partial charge in [0.1, 0.15) is 0 Å². The highest BCUT2D eigenvalue weighted by Gasteiger charge is 2.32. The molecule has 1 N–H and O–H groups in total. The van der Waals surface area contributed by atoms with Crippen LogP contribution in [0.3, 0.4) is 0 Å². The van der Waals surface area contributed by atoms with Crippen molar-refractivity contribution in [3.05, 3.63) is 21.9 Å². The molecule has 0 aliphatic carbocycles. The second kappa shape index (κ2) is 4.76. The first-order valence-electron chi connectivity index (χ1n) is 5.54. The van der Waals surface area contributed by atoms with Crippen LogP contribution < -0.4 is 0 Å². The van der Waals surface area contributed by atoms with Crippen LogP contribution in [-0.2, 0) is 27.1 Å². The van der Waals surface area contributed by atoms with Crippen molar-refractivity contribution in [2.75, 3.05) is 6.61 Å². The van der Waals surface area contributed by atoms with Gasteiger partial charge in [0, 0.05) is 11.3 Å². The summed E-state index contributed by atoms with van der Waals surface area (Å²) in [6.07, 6.45) is 0.940. The fourth-order valence-corrected chi connectivity index (χ4v) is 2.79. The van der Waals surface area contributed by atoms with Crippen LogP contribution in [0.2, 0.25) is 0 Å². The normalized spacial score (nSPS) is 22.8. The van der Waals surface area contributed by atoms with Crippen molar-refractivity contribution in [2.24, 2.45) is 0 Å². The van der Waals surface area contributed by atoms with Crippen LogP contribution in [-0.4, -0.2) is 29.6 Å². The average Bonchev–Trinajstić information content (AvgIpc) is 2.73. The highest BCUT2D eigenvalue weighted by Crippen LogP contribution is 2.26. The first-order valence-corrected chi connectivity index (χ1v) is 6.42. The maximum absolute atomic E-state index is 10.6. The fraction of sp³-hybridized carbons (Fsp3) is 0.583. The number of hydrogen-bond donors (Lipinski definition) is 1. The van der Waals surface area contributed by atoms with Gasteiger partial charge in [-0.2, -0.15) is 0 Å². The smallest absolute Gasteiger partial charge is 0.308 e. The number of carboxylic acids is 1. The molecule has 94 valence electrons. The Balaban J connectivity index is 1.91. The SMILES string of the molecule is CC1(C)OC[C@H](Cc2csc(CC(=O)O)c2)O1. The van der Waals surface area contributed by atoms with Crippen molar-refractivity contribution in [3.8, 4) is 0 Å². The largest absolute Gasteiger partial charge is 0.481 e. The Kier molecular flexibility index (Phi) is 3.51. The van der Waals surface area contributed by atoms with E-state index in [0.29, 0.717) is 6.61 Å². The van der Waals surface area contributed by atoms with Gasteiger partial charge in [-0.25, -0.2) is 0 Å². The summed E-state index contributed by atoms with van der Waals surface area (Å²) < 4.78 is 11.2. The Morgan fingerprint density at radius 2 is 2.41 bits per heavy atom. The molecular formula is C12H16O4S. The molecule has 2 rings (SSSR count). The predicted molar refractivity (Wildman–Crippen MR) is 64.3 cm³/mol. The Bertz CT molecular complexity index is 410. The highest BCUT2D eigenvalue weighted by atomic mass is 32.1. The van der Waals surface area contributed by atoms with E-state index >= 15 is 0 Å². The summed E-state index contributed by atoms with van der Waals surface area (Å²) in [5.41, 5.74) is 1.12. The van der Waals surface area contributed by atoms with Gasteiger partial charge in [0.2, 0.25) is 0 Å². The summed E-state index contributed by atoms with van der Waals surface area (Å²) in [6, 6.07) is 1.94. The minimum Gasteiger partial charge on any atom is -0.481 e. The van der Waals surface area contributed by atoms with Gasteiger partial charge >= 0.3 is 5.97 Å². The lowest BCUT2D eigenvalue weighted by atomic mass is 10.1. The molecule has 1 atom stereocenters. The van der Waals surface area contributed by atoms with E-state index in [1.807, 2.05) is 25.3 Å². The summed E-state index contributed by atoms with van der Waals surface area (Å²) in [5.74, 6) is -1.29. The van der Waals surface area contributed by atoms with E-state index in [1.54, 1.807) is 0 Å². The first-order chi connectivity index (χ1) is 7.94. The molecule has 0 bridgehead atoms. The molecule has 4 nitrogen and oxygen atoms in total. The van der Waals surface area contributed by atoms with Gasteiger partial charge in [-0.05, 0) is 30.9 Å². The van der Waals surface area contributed by atoms with Crippen molar-refractivity contribution in [1.82, 2.24) is 0 Å². The van der Waals surface area contributed by atoms with E-state index in [0.717, 1.165) is 16.9 Å². The Morgan fingerprint density at radius 1 is 1.65 bits per heavy atom. The molecule has 17 heavy (non-hydrogen) atoms. The topological polar surface area (TPSA) is 55.8 Å². The molecule has 0 amide bonds. The Hall–Kier alpha value is -0.910. The molecule has 0 spiro atoms. The molecule has 1 fully saturated rings. The number of hydrogen-bond acceptors (Lipinski definition) is 4. The summed E-state index contributed by atoms with van der Waals surface area (Å²) >= 11 is 1.48. The molecule has 1 aromatic rings. The van der Waals surface area contributed by atoms with Gasteiger partial charge in [-0.1, -0.05) is 0 Å². The van der Waals surface area contributed by atoms with Gasteiger partial charge in [0.15, 0.2) is 5.79 Å². The zero-order chi connectivity index (χ0) is 12.5. The van der Waals surface area contributed by atoms with E-state index in [4.69, 9.17) is 14.6 Å². The van der Waals surface area contributed by atoms with E-state index < -0.39 is 11.8 Å². The molecule has 2 heterocycles. The van der Waals surface area contributed by atoms with Gasteiger partial charge in [-0.3, -0.25) is 4.79 Å². The number of rotatable bonds is 4. The number of aliphatic carboxylic acids is 1. The monoisotopic (exact) mass is 256 g/mol. The molecule has 0 aromatic carbocycles. The van der Waals surface area contributed by atoms with Gasteiger partial charge in [-0.15, -0.1) is 11.3 Å². The van der Waals surface area contributed by atoms with E-state index in [1.165, 1.54) is 11.3 Å². The molecule has 1 aliphatic rings. The molecule has 1 aliphatic heterocycles. The van der Waals surface area contributed by atoms with Crippen molar-refractivity contribution >= 4 is 17.3 Å². The Labute approximate surface area is 104 Å². The van der Waals surface area contributed by atoms with Gasteiger partial charge in [0.05, 0.1) is 19.1 Å². The van der Waals surface area contributed by atoms with Crippen LogP contribution in [0.5, 0.6) is 0 Å². The zero-order valence-corrected chi connectivity index (χ0v) is 10.8. The minimum atomic E-state index is -0.792. The van der Waals surface area contributed by atoms with Gasteiger partial charge in [0.25, 0.3) is 0 Å². The van der Waals surface area contributed by atoms with Crippen molar-refractivity contribution in [1.29, 1.82) is 0 Å². The maximum atomic E-state index is 10.6. The lowest BCUT2D eigenvalue weighted by molar-refractivity contribution is -0.138.